The normalized spacial score (nSPS) is 10.3. The molecule has 0 unspecified atom stereocenters. The van der Waals surface area contributed by atoms with Crippen molar-refractivity contribution in [2.75, 3.05) is 5.43 Å². The number of nitrogens with two attached hydrogens (primary N) is 1. The molecule has 0 amide bonds. The second-order valence-corrected chi connectivity index (χ2v) is 3.15. The third-order valence-electron chi connectivity index (χ3n) is 1.64. The van der Waals surface area contributed by atoms with E-state index in [4.69, 9.17) is 11.3 Å². The third kappa shape index (κ3) is 2.53. The Hall–Kier alpha value is -0.880. The van der Waals surface area contributed by atoms with Crippen LogP contribution in [-0.2, 0) is 0 Å². The highest BCUT2D eigenvalue weighted by Crippen LogP contribution is 2.15. The van der Waals surface area contributed by atoms with E-state index in [0.717, 1.165) is 16.8 Å². The first-order valence-corrected chi connectivity index (χ1v) is 4.94. The van der Waals surface area contributed by atoms with Crippen LogP contribution in [0.15, 0.2) is 22.3 Å². The summed E-state index contributed by atoms with van der Waals surface area (Å²) in [6.07, 6.45) is 3.24. The Morgan fingerprint density at radius 1 is 1.46 bits per heavy atom. The third-order valence-corrected chi connectivity index (χ3v) is 2.00. The van der Waals surface area contributed by atoms with Gasteiger partial charge in [-0.15, -0.1) is 0 Å². The van der Waals surface area contributed by atoms with E-state index in [1.165, 1.54) is 6.21 Å². The second kappa shape index (κ2) is 4.98. The van der Waals surface area contributed by atoms with E-state index in [0.29, 0.717) is 0 Å². The molecule has 0 atom stereocenters. The molecule has 0 aliphatic rings. The molecule has 3 nitrogen and oxygen atoms in total. The highest BCUT2D eigenvalue weighted by Gasteiger charge is 1.97. The zero-order valence-electron chi connectivity index (χ0n) is 6.92. The van der Waals surface area contributed by atoms with E-state index in [-0.39, 0.29) is 0 Å². The van der Waals surface area contributed by atoms with Crippen molar-refractivity contribution in [1.29, 1.82) is 5.41 Å². The molecule has 0 saturated carbocycles. The Kier molecular flexibility index (Phi) is 3.91. The van der Waals surface area contributed by atoms with Gasteiger partial charge in [0.15, 0.2) is 0 Å². The summed E-state index contributed by atoms with van der Waals surface area (Å²) in [7, 11) is 0. The topological polar surface area (TPSA) is 61.9 Å². The number of nitrogens with one attached hydrogen (secondary N) is 2. The van der Waals surface area contributed by atoms with Crippen molar-refractivity contribution in [2.45, 2.75) is 0 Å². The zero-order chi connectivity index (χ0) is 9.68. The molecule has 4 heteroatoms. The average Bonchev–Trinajstić information content (AvgIpc) is 2.18. The molecule has 0 spiro atoms. The highest BCUT2D eigenvalue weighted by molar-refractivity contribution is 14.1. The van der Waals surface area contributed by atoms with Gasteiger partial charge in [0.05, 0.1) is 5.69 Å². The summed E-state index contributed by atoms with van der Waals surface area (Å²) in [6, 6.07) is 5.70. The number of halogens is 1. The van der Waals surface area contributed by atoms with Gasteiger partial charge in [-0.25, -0.2) is 0 Å². The molecule has 1 rings (SSSR count). The molecule has 0 aliphatic carbocycles. The number of rotatable bonds is 3. The van der Waals surface area contributed by atoms with Gasteiger partial charge in [0.2, 0.25) is 0 Å². The summed E-state index contributed by atoms with van der Waals surface area (Å²) in [5.74, 6) is 5.28. The van der Waals surface area contributed by atoms with Crippen LogP contribution in [0, 0.1) is 5.41 Å². The quantitative estimate of drug-likeness (QED) is 0.346. The number of hydrazine groups is 1. The Balaban J connectivity index is 3.12. The van der Waals surface area contributed by atoms with Crippen molar-refractivity contribution < 1.29 is 0 Å². The van der Waals surface area contributed by atoms with Crippen molar-refractivity contribution >= 4 is 40.6 Å². The molecule has 1 aromatic rings. The Morgan fingerprint density at radius 2 is 2.23 bits per heavy atom. The van der Waals surface area contributed by atoms with E-state index >= 15 is 0 Å². The summed E-state index contributed by atoms with van der Waals surface area (Å²) in [6.45, 7) is 0. The van der Waals surface area contributed by atoms with Crippen LogP contribution in [0.5, 0.6) is 0 Å². The van der Waals surface area contributed by atoms with Crippen molar-refractivity contribution in [3.05, 3.63) is 33.4 Å². The lowest BCUT2D eigenvalue weighted by molar-refractivity contribution is 1.34. The molecule has 0 bridgehead atoms. The van der Waals surface area contributed by atoms with Crippen LogP contribution in [0.1, 0.15) is 11.1 Å². The van der Waals surface area contributed by atoms with E-state index in [2.05, 4.69) is 28.0 Å². The van der Waals surface area contributed by atoms with Crippen LogP contribution in [-0.4, -0.2) is 6.21 Å². The number of nitrogen functional groups attached to an aromatic ring is 1. The van der Waals surface area contributed by atoms with Crippen LogP contribution >= 0.6 is 22.6 Å². The smallest absolute Gasteiger partial charge is 0.0573 e. The molecule has 1 aromatic carbocycles. The van der Waals surface area contributed by atoms with Crippen LogP contribution < -0.4 is 11.3 Å². The van der Waals surface area contributed by atoms with Gasteiger partial charge in [0, 0.05) is 11.8 Å². The van der Waals surface area contributed by atoms with Crippen LogP contribution in [0.2, 0.25) is 0 Å². The minimum absolute atomic E-state index is 0.764. The number of benzene rings is 1. The molecule has 0 aliphatic heterocycles. The largest absolute Gasteiger partial charge is 0.323 e. The summed E-state index contributed by atoms with van der Waals surface area (Å²) in [5.41, 5.74) is 5.15. The van der Waals surface area contributed by atoms with Gasteiger partial charge in [-0.05, 0) is 27.9 Å². The lowest BCUT2D eigenvalue weighted by atomic mass is 10.1. The molecule has 0 heterocycles. The maximum absolute atomic E-state index is 7.17. The first-order chi connectivity index (χ1) is 6.31. The fraction of sp³-hybridized carbons (Fsp3) is 0. The predicted octanol–water partition coefficient (Wildman–Crippen LogP) is 2.38. The maximum atomic E-state index is 7.17. The van der Waals surface area contributed by atoms with Crippen molar-refractivity contribution in [1.82, 2.24) is 0 Å². The lowest BCUT2D eigenvalue weighted by Gasteiger charge is -2.04. The molecule has 4 N–H and O–H groups in total. The fourth-order valence-corrected chi connectivity index (χ4v) is 1.42. The van der Waals surface area contributed by atoms with E-state index in [9.17, 15) is 0 Å². The van der Waals surface area contributed by atoms with Gasteiger partial charge in [0.1, 0.15) is 0 Å². The zero-order valence-corrected chi connectivity index (χ0v) is 9.08. The second-order valence-electron chi connectivity index (χ2n) is 2.43. The molecular weight excluding hydrogens is 277 g/mol. The molecule has 0 saturated heterocycles. The van der Waals surface area contributed by atoms with Gasteiger partial charge in [-0.2, -0.15) is 0 Å². The molecule has 68 valence electrons. The Labute approximate surface area is 90.6 Å². The average molecular weight is 287 g/mol. The van der Waals surface area contributed by atoms with Gasteiger partial charge in [-0.3, -0.25) is 5.84 Å². The van der Waals surface area contributed by atoms with Crippen molar-refractivity contribution in [2.24, 2.45) is 5.84 Å². The summed E-state index contributed by atoms with van der Waals surface area (Å²) >= 11 is 2.15. The number of hydrogen-bond acceptors (Lipinski definition) is 3. The number of anilines is 1. The van der Waals surface area contributed by atoms with Gasteiger partial charge >= 0.3 is 0 Å². The standard InChI is InChI=1S/C9H10IN3/c10-4-3-7-1-2-9(13-12)8(5-7)6-11/h1-6,11,13H,12H2/b4-3+,11-6?. The molecule has 0 fully saturated rings. The maximum Gasteiger partial charge on any atom is 0.0573 e. The fourth-order valence-electron chi connectivity index (χ4n) is 1.01. The van der Waals surface area contributed by atoms with Crippen molar-refractivity contribution in [3.8, 4) is 0 Å². The van der Waals surface area contributed by atoms with E-state index < -0.39 is 0 Å². The summed E-state index contributed by atoms with van der Waals surface area (Å²) in [4.78, 5) is 0. The molecule has 0 radical (unpaired) electrons. The molecule has 0 aromatic heterocycles. The first-order valence-electron chi connectivity index (χ1n) is 3.69. The van der Waals surface area contributed by atoms with E-state index in [1.807, 2.05) is 28.4 Å². The minimum Gasteiger partial charge on any atom is -0.323 e. The van der Waals surface area contributed by atoms with Crippen LogP contribution in [0.25, 0.3) is 6.08 Å². The summed E-state index contributed by atoms with van der Waals surface area (Å²) < 4.78 is 1.93. The van der Waals surface area contributed by atoms with Crippen LogP contribution in [0.4, 0.5) is 5.69 Å². The van der Waals surface area contributed by atoms with E-state index in [1.54, 1.807) is 0 Å². The monoisotopic (exact) mass is 287 g/mol. The minimum atomic E-state index is 0.764. The van der Waals surface area contributed by atoms with Gasteiger partial charge in [0.25, 0.3) is 0 Å². The predicted molar refractivity (Wildman–Crippen MR) is 65.2 cm³/mol. The van der Waals surface area contributed by atoms with Gasteiger partial charge in [-0.1, -0.05) is 28.7 Å². The van der Waals surface area contributed by atoms with Gasteiger partial charge < -0.3 is 10.8 Å². The lowest BCUT2D eigenvalue weighted by Crippen LogP contribution is -2.08. The number of hydrogen-bond donors (Lipinski definition) is 3. The van der Waals surface area contributed by atoms with Crippen LogP contribution in [0.3, 0.4) is 0 Å². The first kappa shape index (κ1) is 10.2. The highest BCUT2D eigenvalue weighted by atomic mass is 127. The summed E-state index contributed by atoms with van der Waals surface area (Å²) in [5, 5.41) is 7.17. The molecular formula is C9H10IN3. The molecule has 13 heavy (non-hydrogen) atoms. The van der Waals surface area contributed by atoms with Crippen molar-refractivity contribution in [3.63, 3.8) is 0 Å². The Morgan fingerprint density at radius 3 is 2.77 bits per heavy atom. The Bertz CT molecular complexity index is 334. The SMILES string of the molecule is N=Cc1cc(/C=C/I)ccc1NN.